The Labute approximate surface area is 172 Å². The van der Waals surface area contributed by atoms with Gasteiger partial charge in [-0.15, -0.1) is 0 Å². The fourth-order valence-corrected chi connectivity index (χ4v) is 4.24. The Morgan fingerprint density at radius 1 is 1.31 bits per heavy atom. The lowest BCUT2D eigenvalue weighted by Crippen LogP contribution is -2.48. The Morgan fingerprint density at radius 2 is 2.00 bits per heavy atom. The second-order valence-corrected chi connectivity index (χ2v) is 8.49. The van der Waals surface area contributed by atoms with Crippen LogP contribution in [0.25, 0.3) is 0 Å². The zero-order valence-corrected chi connectivity index (χ0v) is 17.9. The maximum absolute atomic E-state index is 14.9. The number of hydrogen-bond donors (Lipinski definition) is 1. The van der Waals surface area contributed by atoms with Gasteiger partial charge in [0, 0.05) is 42.2 Å². The molecule has 1 N–H and O–H groups in total. The molecular weight excluding hydrogens is 365 g/mol. The van der Waals surface area contributed by atoms with Gasteiger partial charge in [0.15, 0.2) is 0 Å². The van der Waals surface area contributed by atoms with Crippen LogP contribution in [0.2, 0.25) is 0 Å². The number of nitrogens with one attached hydrogen (secondary N) is 1. The van der Waals surface area contributed by atoms with Crippen molar-refractivity contribution in [1.29, 1.82) is 0 Å². The Hall–Kier alpha value is -2.69. The predicted molar refractivity (Wildman–Crippen MR) is 119 cm³/mol. The third kappa shape index (κ3) is 4.66. The first kappa shape index (κ1) is 21.0. The molecule has 0 aliphatic carbocycles. The van der Waals surface area contributed by atoms with Crippen LogP contribution in [-0.2, 0) is 4.79 Å². The third-order valence-corrected chi connectivity index (χ3v) is 5.49. The maximum Gasteiger partial charge on any atom is 0.221 e. The Bertz CT molecular complexity index is 918. The van der Waals surface area contributed by atoms with Gasteiger partial charge in [-0.3, -0.25) is 9.79 Å². The van der Waals surface area contributed by atoms with Crippen molar-refractivity contribution in [2.75, 3.05) is 16.8 Å². The van der Waals surface area contributed by atoms with Gasteiger partial charge in [0.1, 0.15) is 5.82 Å². The summed E-state index contributed by atoms with van der Waals surface area (Å²) < 4.78 is 14.9. The summed E-state index contributed by atoms with van der Waals surface area (Å²) in [5.41, 5.74) is 4.12. The SMILES string of the molecule is CCCN1c2cc(F)c(C=Nc3ccc(NC(C)=O)cc3)cc2C(C)CC1(C)C. The second kappa shape index (κ2) is 8.36. The second-order valence-electron chi connectivity index (χ2n) is 8.49. The highest BCUT2D eigenvalue weighted by molar-refractivity contribution is 5.89. The van der Waals surface area contributed by atoms with Gasteiger partial charge in [-0.1, -0.05) is 13.8 Å². The van der Waals surface area contributed by atoms with Crippen LogP contribution in [0.1, 0.15) is 64.5 Å². The van der Waals surface area contributed by atoms with Crippen molar-refractivity contribution in [1.82, 2.24) is 0 Å². The highest BCUT2D eigenvalue weighted by atomic mass is 19.1. The standard InChI is InChI=1S/C24H30FN3O/c1-6-11-28-23-13-22(25)18(12-21(23)16(2)14-24(28,4)5)15-26-19-7-9-20(10-8-19)27-17(3)29/h7-10,12-13,15-16H,6,11,14H2,1-5H3,(H,27,29). The molecule has 1 atom stereocenters. The Balaban J connectivity index is 1.89. The molecule has 1 unspecified atom stereocenters. The van der Waals surface area contributed by atoms with Crippen LogP contribution >= 0.6 is 0 Å². The molecule has 4 nitrogen and oxygen atoms in total. The number of fused-ring (bicyclic) bond motifs is 1. The number of nitrogens with zero attached hydrogens (tertiary/aromatic N) is 2. The number of halogens is 1. The molecule has 0 aromatic heterocycles. The van der Waals surface area contributed by atoms with Crippen LogP contribution in [0.15, 0.2) is 41.4 Å². The zero-order chi connectivity index (χ0) is 21.2. The number of aliphatic imine (C=N–C) groups is 1. The lowest BCUT2D eigenvalue weighted by Gasteiger charge is -2.47. The Morgan fingerprint density at radius 3 is 2.62 bits per heavy atom. The molecular formula is C24H30FN3O. The molecule has 0 bridgehead atoms. The van der Waals surface area contributed by atoms with Crippen molar-refractivity contribution in [2.24, 2.45) is 4.99 Å². The third-order valence-electron chi connectivity index (χ3n) is 5.49. The van der Waals surface area contributed by atoms with E-state index in [1.54, 1.807) is 36.5 Å². The van der Waals surface area contributed by atoms with E-state index in [4.69, 9.17) is 0 Å². The summed E-state index contributed by atoms with van der Waals surface area (Å²) in [5, 5.41) is 2.72. The molecule has 154 valence electrons. The topological polar surface area (TPSA) is 44.7 Å². The van der Waals surface area contributed by atoms with Gasteiger partial charge in [0.05, 0.1) is 5.69 Å². The predicted octanol–water partition coefficient (Wildman–Crippen LogP) is 6.04. The smallest absolute Gasteiger partial charge is 0.221 e. The van der Waals surface area contributed by atoms with Crippen LogP contribution < -0.4 is 10.2 Å². The van der Waals surface area contributed by atoms with Crippen molar-refractivity contribution in [2.45, 2.75) is 58.9 Å². The first-order valence-electron chi connectivity index (χ1n) is 10.2. The van der Waals surface area contributed by atoms with Gasteiger partial charge in [-0.2, -0.15) is 0 Å². The lowest BCUT2D eigenvalue weighted by molar-refractivity contribution is -0.114. The van der Waals surface area contributed by atoms with Crippen LogP contribution in [0, 0.1) is 5.82 Å². The minimum Gasteiger partial charge on any atom is -0.366 e. The normalized spacial score (nSPS) is 18.0. The monoisotopic (exact) mass is 395 g/mol. The van der Waals surface area contributed by atoms with Gasteiger partial charge in [0.2, 0.25) is 5.91 Å². The van der Waals surface area contributed by atoms with E-state index in [1.807, 2.05) is 6.07 Å². The largest absolute Gasteiger partial charge is 0.366 e. The van der Waals surface area contributed by atoms with E-state index in [-0.39, 0.29) is 17.3 Å². The van der Waals surface area contributed by atoms with E-state index >= 15 is 0 Å². The molecule has 1 amide bonds. The van der Waals surface area contributed by atoms with E-state index in [2.05, 4.69) is 42.9 Å². The van der Waals surface area contributed by atoms with Crippen LogP contribution in [0.4, 0.5) is 21.5 Å². The fraction of sp³-hybridized carbons (Fsp3) is 0.417. The van der Waals surface area contributed by atoms with E-state index in [0.717, 1.165) is 25.1 Å². The van der Waals surface area contributed by atoms with Crippen LogP contribution in [0.3, 0.4) is 0 Å². The Kier molecular flexibility index (Phi) is 6.06. The van der Waals surface area contributed by atoms with Gasteiger partial charge in [-0.25, -0.2) is 4.39 Å². The summed E-state index contributed by atoms with van der Waals surface area (Å²) in [6, 6.07) is 10.8. The summed E-state index contributed by atoms with van der Waals surface area (Å²) in [7, 11) is 0. The van der Waals surface area contributed by atoms with E-state index in [1.165, 1.54) is 12.5 Å². The molecule has 29 heavy (non-hydrogen) atoms. The van der Waals surface area contributed by atoms with E-state index in [0.29, 0.717) is 22.9 Å². The van der Waals surface area contributed by atoms with Crippen LogP contribution in [0.5, 0.6) is 0 Å². The van der Waals surface area contributed by atoms with E-state index in [9.17, 15) is 9.18 Å². The van der Waals surface area contributed by atoms with Crippen molar-refractivity contribution < 1.29 is 9.18 Å². The minimum absolute atomic E-state index is 0.0140. The summed E-state index contributed by atoms with van der Waals surface area (Å²) >= 11 is 0. The van der Waals surface area contributed by atoms with Crippen molar-refractivity contribution in [3.8, 4) is 0 Å². The average molecular weight is 396 g/mol. The zero-order valence-electron chi connectivity index (χ0n) is 17.9. The molecule has 1 aliphatic heterocycles. The molecule has 5 heteroatoms. The molecule has 1 heterocycles. The molecule has 2 aromatic rings. The molecule has 2 aromatic carbocycles. The average Bonchev–Trinajstić information content (AvgIpc) is 2.64. The van der Waals surface area contributed by atoms with Crippen molar-refractivity contribution >= 4 is 29.2 Å². The molecule has 0 fully saturated rings. The summed E-state index contributed by atoms with van der Waals surface area (Å²) in [4.78, 5) is 17.9. The van der Waals surface area contributed by atoms with E-state index < -0.39 is 0 Å². The first-order valence-corrected chi connectivity index (χ1v) is 10.2. The quantitative estimate of drug-likeness (QED) is 0.628. The van der Waals surface area contributed by atoms with Crippen LogP contribution in [-0.4, -0.2) is 24.2 Å². The molecule has 0 saturated heterocycles. The lowest BCUT2D eigenvalue weighted by atomic mass is 9.79. The van der Waals surface area contributed by atoms with Crippen molar-refractivity contribution in [3.63, 3.8) is 0 Å². The first-order chi connectivity index (χ1) is 13.7. The highest BCUT2D eigenvalue weighted by Gasteiger charge is 2.36. The van der Waals surface area contributed by atoms with Gasteiger partial charge >= 0.3 is 0 Å². The summed E-state index contributed by atoms with van der Waals surface area (Å²) in [5.74, 6) is -0.0158. The number of amides is 1. The molecule has 3 rings (SSSR count). The summed E-state index contributed by atoms with van der Waals surface area (Å²) in [6.45, 7) is 11.2. The van der Waals surface area contributed by atoms with Gasteiger partial charge in [0.25, 0.3) is 0 Å². The summed E-state index contributed by atoms with van der Waals surface area (Å²) in [6.07, 6.45) is 3.64. The number of hydrogen-bond acceptors (Lipinski definition) is 3. The maximum atomic E-state index is 14.9. The molecule has 1 aliphatic rings. The van der Waals surface area contributed by atoms with Gasteiger partial charge < -0.3 is 10.2 Å². The number of rotatable bonds is 5. The molecule has 0 radical (unpaired) electrons. The van der Waals surface area contributed by atoms with Gasteiger partial charge in [-0.05, 0) is 74.6 Å². The number of benzene rings is 2. The number of anilines is 2. The molecule has 0 spiro atoms. The minimum atomic E-state index is -0.256. The number of carbonyl (C=O) groups excluding carboxylic acids is 1. The van der Waals surface area contributed by atoms with Crippen molar-refractivity contribution in [3.05, 3.63) is 53.3 Å². The fourth-order valence-electron chi connectivity index (χ4n) is 4.24. The molecule has 0 saturated carbocycles. The highest BCUT2D eigenvalue weighted by Crippen LogP contribution is 2.44. The number of carbonyl (C=O) groups is 1.